The highest BCUT2D eigenvalue weighted by molar-refractivity contribution is 5.30. The molecule has 1 heteroatoms. The number of allylic oxidation sites excluding steroid dienone is 2. The molecule has 0 aliphatic heterocycles. The van der Waals surface area contributed by atoms with Crippen molar-refractivity contribution in [3.63, 3.8) is 0 Å². The van der Waals surface area contributed by atoms with Crippen LogP contribution in [0.4, 0.5) is 0 Å². The van der Waals surface area contributed by atoms with Gasteiger partial charge in [-0.25, -0.2) is 0 Å². The Morgan fingerprint density at radius 3 is 2.20 bits per heavy atom. The zero-order valence-electron chi connectivity index (χ0n) is 9.59. The fraction of sp³-hybridized carbons (Fsp3) is 0.286. The average Bonchev–Trinajstić information content (AvgIpc) is 2.17. The lowest BCUT2D eigenvalue weighted by Crippen LogP contribution is -2.05. The van der Waals surface area contributed by atoms with E-state index >= 15 is 0 Å². The second kappa shape index (κ2) is 4.83. The Kier molecular flexibility index (Phi) is 3.73. The van der Waals surface area contributed by atoms with E-state index in [0.717, 1.165) is 6.42 Å². The van der Waals surface area contributed by atoms with E-state index in [9.17, 15) is 0 Å². The third-order valence-corrected chi connectivity index (χ3v) is 2.54. The first-order valence-electron chi connectivity index (χ1n) is 5.18. The van der Waals surface area contributed by atoms with Crippen LogP contribution in [0.25, 0.3) is 0 Å². The van der Waals surface area contributed by atoms with Gasteiger partial charge >= 0.3 is 0 Å². The molecule has 0 fully saturated rings. The lowest BCUT2D eigenvalue weighted by Gasteiger charge is -2.11. The van der Waals surface area contributed by atoms with Gasteiger partial charge < -0.3 is 5.73 Å². The van der Waals surface area contributed by atoms with Crippen LogP contribution >= 0.6 is 0 Å². The van der Waals surface area contributed by atoms with Crippen LogP contribution in [0.15, 0.2) is 48.7 Å². The minimum atomic E-state index is 0.226. The van der Waals surface area contributed by atoms with Crippen molar-refractivity contribution in [2.75, 3.05) is 0 Å². The number of rotatable bonds is 4. The van der Waals surface area contributed by atoms with Gasteiger partial charge in [-0.1, -0.05) is 49.9 Å². The zero-order chi connectivity index (χ0) is 11.4. The first-order valence-corrected chi connectivity index (χ1v) is 5.18. The summed E-state index contributed by atoms with van der Waals surface area (Å²) in [6, 6.07) is 8.48. The second-order valence-corrected chi connectivity index (χ2v) is 4.17. The Morgan fingerprint density at radius 1 is 1.27 bits per heavy atom. The number of nitrogens with two attached hydrogens (primary N) is 1. The van der Waals surface area contributed by atoms with Gasteiger partial charge in [-0.05, 0) is 24.5 Å². The van der Waals surface area contributed by atoms with Crippen molar-refractivity contribution in [3.8, 4) is 0 Å². The molecule has 0 amide bonds. The van der Waals surface area contributed by atoms with E-state index in [1.54, 1.807) is 0 Å². The Hall–Kier alpha value is -1.50. The van der Waals surface area contributed by atoms with E-state index in [0.29, 0.717) is 5.70 Å². The van der Waals surface area contributed by atoms with Crippen LogP contribution in [0, 0.1) is 0 Å². The summed E-state index contributed by atoms with van der Waals surface area (Å²) in [4.78, 5) is 0. The maximum absolute atomic E-state index is 5.68. The van der Waals surface area contributed by atoms with Crippen molar-refractivity contribution in [3.05, 3.63) is 59.8 Å². The molecular weight excluding hydrogens is 182 g/mol. The van der Waals surface area contributed by atoms with Gasteiger partial charge in [0, 0.05) is 11.6 Å². The van der Waals surface area contributed by atoms with Crippen LogP contribution in [-0.4, -0.2) is 0 Å². The topological polar surface area (TPSA) is 26.0 Å². The van der Waals surface area contributed by atoms with Crippen LogP contribution in [0.2, 0.25) is 0 Å². The summed E-state index contributed by atoms with van der Waals surface area (Å²) >= 11 is 0. The highest BCUT2D eigenvalue weighted by Crippen LogP contribution is 2.20. The molecule has 0 saturated heterocycles. The largest absolute Gasteiger partial charge is 0.402 e. The van der Waals surface area contributed by atoms with Crippen molar-refractivity contribution in [1.82, 2.24) is 0 Å². The molecule has 0 aliphatic carbocycles. The first kappa shape index (κ1) is 11.6. The average molecular weight is 201 g/mol. The van der Waals surface area contributed by atoms with Crippen molar-refractivity contribution in [1.29, 1.82) is 0 Å². The van der Waals surface area contributed by atoms with Gasteiger partial charge in [-0.2, -0.15) is 0 Å². The van der Waals surface area contributed by atoms with E-state index in [1.165, 1.54) is 16.7 Å². The molecule has 1 aromatic rings. The molecule has 1 unspecified atom stereocenters. The lowest BCUT2D eigenvalue weighted by atomic mass is 9.96. The summed E-state index contributed by atoms with van der Waals surface area (Å²) in [7, 11) is 0. The summed E-state index contributed by atoms with van der Waals surface area (Å²) in [5.74, 6) is 0.226. The second-order valence-electron chi connectivity index (χ2n) is 4.17. The van der Waals surface area contributed by atoms with Gasteiger partial charge in [0.15, 0.2) is 0 Å². The molecule has 0 aromatic heterocycles. The molecule has 1 atom stereocenters. The molecule has 0 radical (unpaired) electrons. The van der Waals surface area contributed by atoms with Crippen molar-refractivity contribution in [2.45, 2.75) is 26.2 Å². The van der Waals surface area contributed by atoms with E-state index in [4.69, 9.17) is 5.73 Å². The molecular formula is C14H19N. The molecule has 15 heavy (non-hydrogen) atoms. The molecule has 0 saturated carbocycles. The highest BCUT2D eigenvalue weighted by Gasteiger charge is 2.05. The maximum Gasteiger partial charge on any atom is 0.0201 e. The van der Waals surface area contributed by atoms with E-state index in [-0.39, 0.29) is 5.92 Å². The molecule has 2 N–H and O–H groups in total. The van der Waals surface area contributed by atoms with E-state index < -0.39 is 0 Å². The third-order valence-electron chi connectivity index (χ3n) is 2.54. The molecule has 1 rings (SSSR count). The normalized spacial score (nSPS) is 12.1. The minimum Gasteiger partial charge on any atom is -0.402 e. The smallest absolute Gasteiger partial charge is 0.0201 e. The number of benzene rings is 1. The van der Waals surface area contributed by atoms with Crippen molar-refractivity contribution >= 4 is 0 Å². The monoisotopic (exact) mass is 201 g/mol. The molecule has 0 aliphatic rings. The molecule has 80 valence electrons. The van der Waals surface area contributed by atoms with Crippen LogP contribution in [0.5, 0.6) is 0 Å². The lowest BCUT2D eigenvalue weighted by molar-refractivity contribution is 0.881. The van der Waals surface area contributed by atoms with Gasteiger partial charge in [0.2, 0.25) is 0 Å². The van der Waals surface area contributed by atoms with Crippen LogP contribution in [-0.2, 0) is 6.42 Å². The summed E-state index contributed by atoms with van der Waals surface area (Å²) < 4.78 is 0. The summed E-state index contributed by atoms with van der Waals surface area (Å²) in [5, 5.41) is 0. The Balaban J connectivity index is 2.80. The van der Waals surface area contributed by atoms with E-state index in [1.807, 2.05) is 6.92 Å². The molecule has 1 nitrogen and oxygen atoms in total. The first-order chi connectivity index (χ1) is 7.00. The number of hydrogen-bond acceptors (Lipinski definition) is 1. The summed E-state index contributed by atoms with van der Waals surface area (Å²) in [6.45, 7) is 11.8. The number of hydrogen-bond donors (Lipinski definition) is 1. The Morgan fingerprint density at radius 2 is 1.80 bits per heavy atom. The van der Waals surface area contributed by atoms with Crippen LogP contribution in [0.3, 0.4) is 0 Å². The van der Waals surface area contributed by atoms with E-state index in [2.05, 4.69) is 44.3 Å². The SMILES string of the molecule is C=C(C)Cc1ccc(C(C)C(=C)N)cc1. The standard InChI is InChI=1S/C14H19N/c1-10(2)9-13-5-7-14(8-6-13)11(3)12(4)15/h5-8,11H,1,4,9,15H2,2-3H3. The van der Waals surface area contributed by atoms with Crippen LogP contribution < -0.4 is 5.73 Å². The Bertz CT molecular complexity index is 359. The minimum absolute atomic E-state index is 0.226. The fourth-order valence-corrected chi connectivity index (χ4v) is 1.49. The molecule has 0 spiro atoms. The van der Waals surface area contributed by atoms with Gasteiger partial charge in [-0.15, -0.1) is 0 Å². The van der Waals surface area contributed by atoms with Gasteiger partial charge in [-0.3, -0.25) is 0 Å². The maximum atomic E-state index is 5.68. The van der Waals surface area contributed by atoms with Crippen LogP contribution in [0.1, 0.15) is 30.9 Å². The predicted octanol–water partition coefficient (Wildman–Crippen LogP) is 3.38. The predicted molar refractivity (Wildman–Crippen MR) is 66.7 cm³/mol. The van der Waals surface area contributed by atoms with Crippen molar-refractivity contribution in [2.24, 2.45) is 5.73 Å². The van der Waals surface area contributed by atoms with Gasteiger partial charge in [0.25, 0.3) is 0 Å². The molecule has 0 bridgehead atoms. The summed E-state index contributed by atoms with van der Waals surface area (Å²) in [6.07, 6.45) is 0.943. The summed E-state index contributed by atoms with van der Waals surface area (Å²) in [5.41, 5.74) is 10.1. The van der Waals surface area contributed by atoms with Gasteiger partial charge in [0.05, 0.1) is 0 Å². The molecule has 1 aromatic carbocycles. The van der Waals surface area contributed by atoms with Gasteiger partial charge in [0.1, 0.15) is 0 Å². The quantitative estimate of drug-likeness (QED) is 0.742. The zero-order valence-corrected chi connectivity index (χ0v) is 9.59. The molecule has 0 heterocycles. The third kappa shape index (κ3) is 3.28. The Labute approximate surface area is 92.3 Å². The fourth-order valence-electron chi connectivity index (χ4n) is 1.49. The van der Waals surface area contributed by atoms with Crippen molar-refractivity contribution < 1.29 is 0 Å². The highest BCUT2D eigenvalue weighted by atomic mass is 14.6.